The normalized spacial score (nSPS) is 25.2. The molecule has 0 amide bonds. The lowest BCUT2D eigenvalue weighted by molar-refractivity contribution is 0.316. The zero-order valence-electron chi connectivity index (χ0n) is 11.4. The highest BCUT2D eigenvalue weighted by Crippen LogP contribution is 2.55. The molecule has 110 valence electrons. The third-order valence-electron chi connectivity index (χ3n) is 4.51. The van der Waals surface area contributed by atoms with E-state index < -0.39 is 13.4 Å². The lowest BCUT2D eigenvalue weighted by Crippen LogP contribution is -2.15. The Kier molecular flexibility index (Phi) is 5.22. The largest absolute Gasteiger partial charge is 0.355 e. The van der Waals surface area contributed by atoms with Crippen molar-refractivity contribution in [2.45, 2.75) is 64.2 Å². The Balaban J connectivity index is 2.26. The molecule has 0 aromatic carbocycles. The Morgan fingerprint density at radius 2 is 1.26 bits per heavy atom. The molecule has 0 aromatic heterocycles. The predicted octanol–water partition coefficient (Wildman–Crippen LogP) is 4.51. The van der Waals surface area contributed by atoms with Crippen molar-refractivity contribution in [1.82, 2.24) is 0 Å². The molecular weight excluding hydrogens is 266 g/mol. The average Bonchev–Trinajstić information content (AvgIpc) is 2.39. The Morgan fingerprint density at radius 1 is 0.842 bits per heavy atom. The van der Waals surface area contributed by atoms with E-state index in [2.05, 4.69) is 0 Å². The maximum Gasteiger partial charge on any atom is 0.355 e. The van der Waals surface area contributed by atoms with Crippen molar-refractivity contribution < 1.29 is 18.7 Å². The van der Waals surface area contributed by atoms with Gasteiger partial charge in [-0.15, -0.1) is 0 Å². The van der Waals surface area contributed by atoms with E-state index in [-0.39, 0.29) is 17.2 Å². The minimum atomic E-state index is -4.46. The van der Waals surface area contributed by atoms with E-state index in [0.717, 1.165) is 64.2 Å². The van der Waals surface area contributed by atoms with Crippen LogP contribution in [0, 0.1) is 11.8 Å². The number of halogens is 1. The van der Waals surface area contributed by atoms with Crippen molar-refractivity contribution in [3.63, 3.8) is 0 Å². The zero-order chi connectivity index (χ0) is 13.9. The highest BCUT2D eigenvalue weighted by atomic mass is 31.2. The summed E-state index contributed by atoms with van der Waals surface area (Å²) >= 11 is 0. The molecule has 0 unspecified atom stereocenters. The summed E-state index contributed by atoms with van der Waals surface area (Å²) < 4.78 is 26.3. The number of hydrogen-bond acceptors (Lipinski definition) is 1. The molecule has 5 heteroatoms. The summed E-state index contributed by atoms with van der Waals surface area (Å²) in [5.41, 5.74) is 0. The molecule has 0 saturated heterocycles. The zero-order valence-corrected chi connectivity index (χ0v) is 12.2. The fraction of sp³-hybridized carbons (Fsp3) is 0.857. The first-order chi connectivity index (χ1) is 9.00. The molecule has 2 rings (SSSR count). The fourth-order valence-corrected chi connectivity index (χ4v) is 4.71. The monoisotopic (exact) mass is 290 g/mol. The van der Waals surface area contributed by atoms with Gasteiger partial charge in [-0.2, -0.15) is 0 Å². The van der Waals surface area contributed by atoms with Gasteiger partial charge in [-0.25, -0.2) is 4.39 Å². The van der Waals surface area contributed by atoms with Crippen LogP contribution in [0.15, 0.2) is 11.1 Å². The first-order valence-electron chi connectivity index (χ1n) is 7.46. The molecule has 2 N–H and O–H groups in total. The minimum absolute atomic E-state index is 0.154. The van der Waals surface area contributed by atoms with Crippen molar-refractivity contribution in [1.29, 1.82) is 0 Å². The third kappa shape index (κ3) is 3.90. The van der Waals surface area contributed by atoms with Crippen LogP contribution < -0.4 is 0 Å². The summed E-state index contributed by atoms with van der Waals surface area (Å²) in [6.07, 6.45) is 8.96. The summed E-state index contributed by atoms with van der Waals surface area (Å²) in [7, 11) is -4.46. The van der Waals surface area contributed by atoms with Gasteiger partial charge in [0.25, 0.3) is 0 Å². The molecule has 19 heavy (non-hydrogen) atoms. The van der Waals surface area contributed by atoms with Crippen LogP contribution in [-0.4, -0.2) is 9.79 Å². The number of hydrogen-bond donors (Lipinski definition) is 2. The van der Waals surface area contributed by atoms with E-state index in [0.29, 0.717) is 0 Å². The second-order valence-corrected chi connectivity index (χ2v) is 7.52. The topological polar surface area (TPSA) is 57.5 Å². The molecular formula is C14H24FO3P. The van der Waals surface area contributed by atoms with Gasteiger partial charge in [0.1, 0.15) is 5.83 Å². The highest BCUT2D eigenvalue weighted by molar-refractivity contribution is 7.56. The van der Waals surface area contributed by atoms with Crippen LogP contribution in [0.5, 0.6) is 0 Å². The molecule has 0 radical (unpaired) electrons. The smallest absolute Gasteiger partial charge is 0.321 e. The van der Waals surface area contributed by atoms with Crippen LogP contribution in [0.2, 0.25) is 0 Å². The lowest BCUT2D eigenvalue weighted by Gasteiger charge is -2.28. The van der Waals surface area contributed by atoms with Gasteiger partial charge in [-0.1, -0.05) is 38.5 Å². The van der Waals surface area contributed by atoms with Crippen LogP contribution in [0.25, 0.3) is 0 Å². The highest BCUT2D eigenvalue weighted by Gasteiger charge is 2.36. The molecule has 0 aromatic rings. The summed E-state index contributed by atoms with van der Waals surface area (Å²) in [6.45, 7) is 0. The Hall–Kier alpha value is -0.180. The van der Waals surface area contributed by atoms with E-state index in [1.165, 1.54) is 0 Å². The van der Waals surface area contributed by atoms with Crippen LogP contribution >= 0.6 is 7.60 Å². The van der Waals surface area contributed by atoms with Crippen molar-refractivity contribution in [3.05, 3.63) is 11.1 Å². The number of allylic oxidation sites excluding steroid dienone is 2. The first-order valence-corrected chi connectivity index (χ1v) is 9.07. The second kappa shape index (κ2) is 6.51. The molecule has 2 fully saturated rings. The maximum absolute atomic E-state index is 14.6. The number of rotatable bonds is 3. The van der Waals surface area contributed by atoms with Gasteiger partial charge >= 0.3 is 7.60 Å². The molecule has 0 heterocycles. The summed E-state index contributed by atoms with van der Waals surface area (Å²) in [5, 5.41) is -0.154. The maximum atomic E-state index is 14.6. The molecule has 0 bridgehead atoms. The van der Waals surface area contributed by atoms with E-state index in [1.807, 2.05) is 0 Å². The Bertz CT molecular complexity index is 376. The van der Waals surface area contributed by atoms with Gasteiger partial charge in [0.05, 0.1) is 5.31 Å². The van der Waals surface area contributed by atoms with Gasteiger partial charge in [0.2, 0.25) is 0 Å². The molecule has 0 atom stereocenters. The standard InChI is InChI=1S/C14H24FO3P/c15-13(11-7-3-1-4-8-11)14(19(16,17)18)12-9-5-2-6-10-12/h11-12H,1-10H2,(H2,16,17,18). The summed E-state index contributed by atoms with van der Waals surface area (Å²) in [4.78, 5) is 19.1. The minimum Gasteiger partial charge on any atom is -0.321 e. The van der Waals surface area contributed by atoms with E-state index in [9.17, 15) is 18.7 Å². The molecule has 0 aliphatic heterocycles. The summed E-state index contributed by atoms with van der Waals surface area (Å²) in [5.74, 6) is -0.963. The van der Waals surface area contributed by atoms with Gasteiger partial charge in [-0.05, 0) is 31.6 Å². The van der Waals surface area contributed by atoms with Crippen LogP contribution in [0.1, 0.15) is 64.2 Å². The molecule has 2 saturated carbocycles. The summed E-state index contributed by atoms with van der Waals surface area (Å²) in [6, 6.07) is 0. The Morgan fingerprint density at radius 3 is 1.68 bits per heavy atom. The van der Waals surface area contributed by atoms with Crippen molar-refractivity contribution in [2.24, 2.45) is 11.8 Å². The van der Waals surface area contributed by atoms with Gasteiger partial charge in [-0.3, -0.25) is 4.57 Å². The van der Waals surface area contributed by atoms with Crippen molar-refractivity contribution in [2.75, 3.05) is 0 Å². The van der Waals surface area contributed by atoms with E-state index in [1.54, 1.807) is 0 Å². The van der Waals surface area contributed by atoms with E-state index in [4.69, 9.17) is 0 Å². The van der Waals surface area contributed by atoms with Gasteiger partial charge in [0.15, 0.2) is 0 Å². The SMILES string of the molecule is O=P(O)(O)C(=C(F)C1CCCCC1)C1CCCCC1. The lowest BCUT2D eigenvalue weighted by atomic mass is 9.84. The van der Waals surface area contributed by atoms with Gasteiger partial charge in [0, 0.05) is 5.92 Å². The molecule has 2 aliphatic carbocycles. The molecule has 2 aliphatic rings. The van der Waals surface area contributed by atoms with Gasteiger partial charge < -0.3 is 9.79 Å². The Labute approximate surface area is 114 Å². The quantitative estimate of drug-likeness (QED) is 0.752. The van der Waals surface area contributed by atoms with Crippen molar-refractivity contribution in [3.8, 4) is 0 Å². The third-order valence-corrected chi connectivity index (χ3v) is 5.72. The molecule has 0 spiro atoms. The van der Waals surface area contributed by atoms with Crippen LogP contribution in [0.3, 0.4) is 0 Å². The fourth-order valence-electron chi connectivity index (χ4n) is 3.51. The van der Waals surface area contributed by atoms with Crippen LogP contribution in [0.4, 0.5) is 4.39 Å². The first kappa shape index (κ1) is 15.2. The van der Waals surface area contributed by atoms with Crippen LogP contribution in [-0.2, 0) is 4.57 Å². The second-order valence-electron chi connectivity index (χ2n) is 5.95. The van der Waals surface area contributed by atoms with E-state index >= 15 is 0 Å². The van der Waals surface area contributed by atoms with Crippen molar-refractivity contribution >= 4 is 7.60 Å². The average molecular weight is 290 g/mol. The predicted molar refractivity (Wildman–Crippen MR) is 73.3 cm³/mol. The molecule has 3 nitrogen and oxygen atoms in total.